The molecule has 0 unspecified atom stereocenters. The van der Waals surface area contributed by atoms with Crippen molar-refractivity contribution in [3.8, 4) is 0 Å². The molecule has 1 aromatic carbocycles. The van der Waals surface area contributed by atoms with Gasteiger partial charge in [0, 0.05) is 24.9 Å². The fourth-order valence-electron chi connectivity index (χ4n) is 2.01. The van der Waals surface area contributed by atoms with Crippen LogP contribution in [0.2, 0.25) is 0 Å². The second-order valence-electron chi connectivity index (χ2n) is 4.72. The van der Waals surface area contributed by atoms with E-state index in [1.165, 1.54) is 0 Å². The minimum atomic E-state index is -1.02. The molecule has 0 radical (unpaired) electrons. The van der Waals surface area contributed by atoms with Crippen molar-refractivity contribution < 1.29 is 23.6 Å². The van der Waals surface area contributed by atoms with E-state index in [4.69, 9.17) is 4.74 Å². The SMILES string of the molecule is O=C(NC[C@H]1CCCO1)C(=O)Nc1ccc(F)c([N+](=O)[O-])c1. The number of halogens is 1. The average Bonchev–Trinajstić information content (AvgIpc) is 2.99. The Balaban J connectivity index is 1.91. The second kappa shape index (κ2) is 6.94. The molecule has 1 aromatic rings. The van der Waals surface area contributed by atoms with Crippen LogP contribution in [0.5, 0.6) is 0 Å². The van der Waals surface area contributed by atoms with Crippen LogP contribution in [0.15, 0.2) is 18.2 Å². The highest BCUT2D eigenvalue weighted by Gasteiger charge is 2.20. The van der Waals surface area contributed by atoms with Gasteiger partial charge in [0.1, 0.15) is 0 Å². The standard InChI is InChI=1S/C13H14FN3O5/c14-10-4-3-8(6-11(10)17(20)21)16-13(19)12(18)15-7-9-2-1-5-22-9/h3-4,6,9H,1-2,5,7H2,(H,15,18)(H,16,19)/t9-/m1/s1. The van der Waals surface area contributed by atoms with Crippen molar-refractivity contribution in [2.75, 3.05) is 18.5 Å². The van der Waals surface area contributed by atoms with Gasteiger partial charge in [-0.3, -0.25) is 19.7 Å². The number of carbonyl (C=O) groups excluding carboxylic acids is 2. The molecule has 0 aromatic heterocycles. The summed E-state index contributed by atoms with van der Waals surface area (Å²) in [6.45, 7) is 0.849. The molecular weight excluding hydrogens is 297 g/mol. The number of amides is 2. The first kappa shape index (κ1) is 15.8. The first-order valence-corrected chi connectivity index (χ1v) is 6.62. The van der Waals surface area contributed by atoms with Crippen LogP contribution >= 0.6 is 0 Å². The lowest BCUT2D eigenvalue weighted by Gasteiger charge is -2.10. The molecule has 1 fully saturated rings. The molecule has 0 saturated carbocycles. The molecule has 1 heterocycles. The van der Waals surface area contributed by atoms with Crippen LogP contribution in [0.25, 0.3) is 0 Å². The molecule has 1 aliphatic rings. The topological polar surface area (TPSA) is 111 Å². The van der Waals surface area contributed by atoms with E-state index in [-0.39, 0.29) is 18.3 Å². The van der Waals surface area contributed by atoms with Gasteiger partial charge < -0.3 is 15.4 Å². The summed E-state index contributed by atoms with van der Waals surface area (Å²) in [4.78, 5) is 32.9. The zero-order valence-electron chi connectivity index (χ0n) is 11.5. The van der Waals surface area contributed by atoms with E-state index >= 15 is 0 Å². The van der Waals surface area contributed by atoms with E-state index in [9.17, 15) is 24.1 Å². The predicted molar refractivity (Wildman–Crippen MR) is 73.7 cm³/mol. The number of hydrogen-bond donors (Lipinski definition) is 2. The third kappa shape index (κ3) is 3.98. The van der Waals surface area contributed by atoms with Crippen molar-refractivity contribution in [2.45, 2.75) is 18.9 Å². The average molecular weight is 311 g/mol. The Bertz CT molecular complexity index is 601. The Morgan fingerprint density at radius 3 is 2.82 bits per heavy atom. The van der Waals surface area contributed by atoms with Crippen molar-refractivity contribution in [3.63, 3.8) is 0 Å². The molecule has 22 heavy (non-hydrogen) atoms. The minimum absolute atomic E-state index is 0.0367. The lowest BCUT2D eigenvalue weighted by Crippen LogP contribution is -2.39. The van der Waals surface area contributed by atoms with Gasteiger partial charge in [-0.2, -0.15) is 4.39 Å². The van der Waals surface area contributed by atoms with Crippen LogP contribution in [0.3, 0.4) is 0 Å². The second-order valence-corrected chi connectivity index (χ2v) is 4.72. The van der Waals surface area contributed by atoms with Gasteiger partial charge in [0.15, 0.2) is 0 Å². The number of benzene rings is 1. The van der Waals surface area contributed by atoms with E-state index in [0.29, 0.717) is 6.61 Å². The van der Waals surface area contributed by atoms with Crippen LogP contribution < -0.4 is 10.6 Å². The fourth-order valence-corrected chi connectivity index (χ4v) is 2.01. The smallest absolute Gasteiger partial charge is 0.313 e. The highest BCUT2D eigenvalue weighted by molar-refractivity contribution is 6.39. The van der Waals surface area contributed by atoms with Crippen molar-refractivity contribution in [1.82, 2.24) is 5.32 Å². The Morgan fingerprint density at radius 2 is 2.18 bits per heavy atom. The van der Waals surface area contributed by atoms with Gasteiger partial charge in [-0.15, -0.1) is 0 Å². The zero-order valence-corrected chi connectivity index (χ0v) is 11.5. The summed E-state index contributed by atoms with van der Waals surface area (Å²) in [5.74, 6) is -2.90. The number of nitro groups is 1. The lowest BCUT2D eigenvalue weighted by atomic mass is 10.2. The normalized spacial score (nSPS) is 17.0. The quantitative estimate of drug-likeness (QED) is 0.489. The molecule has 1 saturated heterocycles. The van der Waals surface area contributed by atoms with Crippen molar-refractivity contribution in [3.05, 3.63) is 34.1 Å². The third-order valence-electron chi connectivity index (χ3n) is 3.12. The van der Waals surface area contributed by atoms with Gasteiger partial charge >= 0.3 is 17.5 Å². The summed E-state index contributed by atoms with van der Waals surface area (Å²) in [6.07, 6.45) is 1.61. The van der Waals surface area contributed by atoms with E-state index < -0.39 is 28.2 Å². The molecule has 9 heteroatoms. The monoisotopic (exact) mass is 311 g/mol. The molecule has 0 bridgehead atoms. The summed E-state index contributed by atoms with van der Waals surface area (Å²) in [5.41, 5.74) is -0.817. The number of ether oxygens (including phenoxy) is 1. The molecule has 118 valence electrons. The molecule has 0 spiro atoms. The van der Waals surface area contributed by atoms with Crippen molar-refractivity contribution in [1.29, 1.82) is 0 Å². The maximum absolute atomic E-state index is 13.2. The molecule has 2 rings (SSSR count). The maximum Gasteiger partial charge on any atom is 0.313 e. The van der Waals surface area contributed by atoms with Gasteiger partial charge in [0.05, 0.1) is 11.0 Å². The van der Waals surface area contributed by atoms with Crippen molar-refractivity contribution in [2.24, 2.45) is 0 Å². The van der Waals surface area contributed by atoms with E-state index in [0.717, 1.165) is 31.0 Å². The summed E-state index contributed by atoms with van der Waals surface area (Å²) >= 11 is 0. The number of rotatable bonds is 4. The first-order chi connectivity index (χ1) is 10.5. The highest BCUT2D eigenvalue weighted by Crippen LogP contribution is 2.21. The molecule has 0 aliphatic carbocycles. The van der Waals surface area contributed by atoms with Gasteiger partial charge in [-0.05, 0) is 25.0 Å². The van der Waals surface area contributed by atoms with Crippen LogP contribution in [0.4, 0.5) is 15.8 Å². The number of carbonyl (C=O) groups is 2. The Labute approximate surface area is 124 Å². The van der Waals surface area contributed by atoms with E-state index in [1.807, 2.05) is 0 Å². The van der Waals surface area contributed by atoms with E-state index in [1.54, 1.807) is 0 Å². The number of anilines is 1. The lowest BCUT2D eigenvalue weighted by molar-refractivity contribution is -0.387. The minimum Gasteiger partial charge on any atom is -0.376 e. The Morgan fingerprint density at radius 1 is 1.41 bits per heavy atom. The summed E-state index contributed by atoms with van der Waals surface area (Å²) in [7, 11) is 0. The molecule has 8 nitrogen and oxygen atoms in total. The van der Waals surface area contributed by atoms with Crippen molar-refractivity contribution >= 4 is 23.2 Å². The van der Waals surface area contributed by atoms with Crippen LogP contribution in [-0.4, -0.2) is 36.0 Å². The number of nitrogens with one attached hydrogen (secondary N) is 2. The van der Waals surface area contributed by atoms with Crippen LogP contribution in [-0.2, 0) is 14.3 Å². The van der Waals surface area contributed by atoms with Crippen LogP contribution in [0, 0.1) is 15.9 Å². The number of nitrogens with zero attached hydrogens (tertiary/aromatic N) is 1. The van der Waals surface area contributed by atoms with Gasteiger partial charge in [-0.1, -0.05) is 0 Å². The van der Waals surface area contributed by atoms with Crippen LogP contribution in [0.1, 0.15) is 12.8 Å². The summed E-state index contributed by atoms with van der Waals surface area (Å²) in [6, 6.07) is 2.83. The molecule has 2 N–H and O–H groups in total. The summed E-state index contributed by atoms with van der Waals surface area (Å²) < 4.78 is 18.5. The van der Waals surface area contributed by atoms with E-state index in [2.05, 4.69) is 10.6 Å². The molecule has 1 aliphatic heterocycles. The maximum atomic E-state index is 13.2. The molecule has 2 amide bonds. The first-order valence-electron chi connectivity index (χ1n) is 6.62. The number of hydrogen-bond acceptors (Lipinski definition) is 5. The Kier molecular flexibility index (Phi) is 4.99. The summed E-state index contributed by atoms with van der Waals surface area (Å²) in [5, 5.41) is 15.2. The predicted octanol–water partition coefficient (Wildman–Crippen LogP) is 0.968. The highest BCUT2D eigenvalue weighted by atomic mass is 19.1. The molecule has 1 atom stereocenters. The van der Waals surface area contributed by atoms with Gasteiger partial charge in [0.25, 0.3) is 0 Å². The number of nitro benzene ring substituents is 1. The largest absolute Gasteiger partial charge is 0.376 e. The Hall–Kier alpha value is -2.55. The third-order valence-corrected chi connectivity index (χ3v) is 3.12. The fraction of sp³-hybridized carbons (Fsp3) is 0.385. The zero-order chi connectivity index (χ0) is 16.1. The molecular formula is C13H14FN3O5. The van der Waals surface area contributed by atoms with Gasteiger partial charge in [-0.25, -0.2) is 0 Å². The van der Waals surface area contributed by atoms with Gasteiger partial charge in [0.2, 0.25) is 5.82 Å².